The minimum Gasteiger partial charge on any atom is -0.368 e. The van der Waals surface area contributed by atoms with Crippen molar-refractivity contribution >= 4 is 5.91 Å². The summed E-state index contributed by atoms with van der Waals surface area (Å²) in [6.07, 6.45) is 6.32. The smallest absolute Gasteiger partial charge is 0.225 e. The van der Waals surface area contributed by atoms with E-state index in [1.165, 1.54) is 32.1 Å². The van der Waals surface area contributed by atoms with Crippen molar-refractivity contribution in [2.75, 3.05) is 26.3 Å². The van der Waals surface area contributed by atoms with E-state index in [-0.39, 0.29) is 17.1 Å². The van der Waals surface area contributed by atoms with Crippen LogP contribution in [0.15, 0.2) is 0 Å². The van der Waals surface area contributed by atoms with Gasteiger partial charge in [-0.05, 0) is 32.6 Å². The zero-order valence-electron chi connectivity index (χ0n) is 13.7. The molecular weight excluding hydrogens is 266 g/mol. The zero-order chi connectivity index (χ0) is 15.1. The lowest BCUT2D eigenvalue weighted by atomic mass is 9.80. The normalized spacial score (nSPS) is 37.1. The molecule has 2 saturated heterocycles. The van der Waals surface area contributed by atoms with Gasteiger partial charge in [0.15, 0.2) is 0 Å². The van der Waals surface area contributed by atoms with Crippen LogP contribution in [0.5, 0.6) is 0 Å². The number of carbonyl (C=O) groups excluding carboxylic acids is 1. The molecule has 0 spiro atoms. The first-order valence-corrected chi connectivity index (χ1v) is 8.48. The number of rotatable bonds is 6. The summed E-state index contributed by atoms with van der Waals surface area (Å²) in [4.78, 5) is 15.0. The molecule has 0 aromatic heterocycles. The van der Waals surface area contributed by atoms with Gasteiger partial charge in [0, 0.05) is 5.92 Å². The second-order valence-corrected chi connectivity index (χ2v) is 7.86. The van der Waals surface area contributed by atoms with Crippen molar-refractivity contribution in [2.45, 2.75) is 64.1 Å². The van der Waals surface area contributed by atoms with Gasteiger partial charge in [-0.2, -0.15) is 0 Å². The molecule has 1 aliphatic carbocycles. The Morgan fingerprint density at radius 3 is 2.00 bits per heavy atom. The fraction of sp³-hybridized carbons (Fsp3) is 0.941. The van der Waals surface area contributed by atoms with Crippen LogP contribution in [0, 0.1) is 11.8 Å². The maximum Gasteiger partial charge on any atom is 0.225 e. The molecule has 3 aliphatic rings. The summed E-state index contributed by atoms with van der Waals surface area (Å²) in [5.41, 5.74) is -0.236. The molecule has 120 valence electrons. The van der Waals surface area contributed by atoms with E-state index in [0.29, 0.717) is 24.9 Å². The first kappa shape index (κ1) is 15.3. The van der Waals surface area contributed by atoms with Gasteiger partial charge in [-0.3, -0.25) is 4.79 Å². The van der Waals surface area contributed by atoms with Crippen LogP contribution in [0.1, 0.15) is 52.9 Å². The van der Waals surface area contributed by atoms with E-state index in [1.54, 1.807) is 0 Å². The van der Waals surface area contributed by atoms with Gasteiger partial charge in [0.1, 0.15) is 11.2 Å². The van der Waals surface area contributed by atoms with Gasteiger partial charge in [0.2, 0.25) is 5.91 Å². The molecule has 1 saturated carbocycles. The zero-order valence-corrected chi connectivity index (χ0v) is 13.7. The van der Waals surface area contributed by atoms with E-state index in [1.807, 2.05) is 4.90 Å². The van der Waals surface area contributed by atoms with Crippen molar-refractivity contribution in [1.82, 2.24) is 4.90 Å². The first-order chi connectivity index (χ1) is 9.91. The Balaban J connectivity index is 1.63. The average Bonchev–Trinajstić information content (AvgIpc) is 3.38. The maximum absolute atomic E-state index is 13.0. The Bertz CT molecular complexity index is 375. The van der Waals surface area contributed by atoms with Crippen LogP contribution in [0.4, 0.5) is 0 Å². The molecule has 2 heterocycles. The lowest BCUT2D eigenvalue weighted by Gasteiger charge is -2.33. The Kier molecular flexibility index (Phi) is 4.04. The molecule has 1 amide bonds. The molecule has 3 unspecified atom stereocenters. The number of nitrogens with zero attached hydrogens (tertiary/aromatic N) is 1. The van der Waals surface area contributed by atoms with E-state index in [0.717, 1.165) is 13.2 Å². The van der Waals surface area contributed by atoms with Crippen molar-refractivity contribution < 1.29 is 14.3 Å². The highest BCUT2D eigenvalue weighted by atomic mass is 16.6. The summed E-state index contributed by atoms with van der Waals surface area (Å²) in [5.74, 6) is 1.000. The molecule has 3 fully saturated rings. The Labute approximate surface area is 128 Å². The topological polar surface area (TPSA) is 45.4 Å². The van der Waals surface area contributed by atoms with Crippen molar-refractivity contribution in [2.24, 2.45) is 11.8 Å². The third-order valence-corrected chi connectivity index (χ3v) is 5.38. The van der Waals surface area contributed by atoms with Crippen LogP contribution < -0.4 is 0 Å². The van der Waals surface area contributed by atoms with Gasteiger partial charge in [0.25, 0.3) is 0 Å². The molecular formula is C17H29NO3. The van der Waals surface area contributed by atoms with Crippen molar-refractivity contribution in [3.63, 3.8) is 0 Å². The number of amides is 1. The van der Waals surface area contributed by atoms with Gasteiger partial charge < -0.3 is 14.4 Å². The lowest BCUT2D eigenvalue weighted by molar-refractivity contribution is -0.138. The molecule has 0 bridgehead atoms. The number of hydrogen-bond acceptors (Lipinski definition) is 3. The van der Waals surface area contributed by atoms with Crippen molar-refractivity contribution in [3.8, 4) is 0 Å². The molecule has 0 N–H and O–H groups in total. The molecule has 0 aromatic rings. The third kappa shape index (κ3) is 3.78. The molecule has 0 radical (unpaired) electrons. The van der Waals surface area contributed by atoms with Crippen LogP contribution in [0.2, 0.25) is 0 Å². The van der Waals surface area contributed by atoms with E-state index in [9.17, 15) is 4.79 Å². The average molecular weight is 295 g/mol. The summed E-state index contributed by atoms with van der Waals surface area (Å²) < 4.78 is 11.0. The standard InChI is InChI=1S/C17H29NO3/c1-13(14-7-5-4-6-8-14)15(19)18(9-16(2)11-20-16)10-17(3)12-21-17/h13-14H,4-12H2,1-3H3. The first-order valence-electron chi connectivity index (χ1n) is 8.48. The van der Waals surface area contributed by atoms with E-state index < -0.39 is 0 Å². The van der Waals surface area contributed by atoms with Crippen LogP contribution in [0.3, 0.4) is 0 Å². The molecule has 4 heteroatoms. The highest BCUT2D eigenvalue weighted by molar-refractivity contribution is 5.79. The van der Waals surface area contributed by atoms with Crippen molar-refractivity contribution in [1.29, 1.82) is 0 Å². The number of carbonyl (C=O) groups is 1. The number of epoxide rings is 2. The van der Waals surface area contributed by atoms with E-state index in [4.69, 9.17) is 9.47 Å². The Morgan fingerprint density at radius 1 is 1.10 bits per heavy atom. The maximum atomic E-state index is 13.0. The summed E-state index contributed by atoms with van der Waals surface area (Å²) in [6, 6.07) is 0. The molecule has 3 atom stereocenters. The van der Waals surface area contributed by atoms with E-state index in [2.05, 4.69) is 20.8 Å². The minimum absolute atomic E-state index is 0.118. The Morgan fingerprint density at radius 2 is 1.57 bits per heavy atom. The highest BCUT2D eigenvalue weighted by Crippen LogP contribution is 2.35. The largest absolute Gasteiger partial charge is 0.368 e. The quantitative estimate of drug-likeness (QED) is 0.708. The summed E-state index contributed by atoms with van der Waals surface area (Å²) in [7, 11) is 0. The third-order valence-electron chi connectivity index (χ3n) is 5.38. The monoisotopic (exact) mass is 295 g/mol. The molecule has 4 nitrogen and oxygen atoms in total. The molecule has 0 aromatic carbocycles. The van der Waals surface area contributed by atoms with Crippen molar-refractivity contribution in [3.05, 3.63) is 0 Å². The summed E-state index contributed by atoms with van der Waals surface area (Å²) >= 11 is 0. The van der Waals surface area contributed by atoms with E-state index >= 15 is 0 Å². The molecule has 21 heavy (non-hydrogen) atoms. The lowest BCUT2D eigenvalue weighted by Crippen LogP contribution is -2.46. The summed E-state index contributed by atoms with van der Waals surface area (Å²) in [5, 5.41) is 0. The second kappa shape index (κ2) is 5.54. The second-order valence-electron chi connectivity index (χ2n) is 7.86. The SMILES string of the molecule is CC(C(=O)N(CC1(C)CO1)CC1(C)CO1)C1CCCCC1. The number of hydrogen-bond donors (Lipinski definition) is 0. The fourth-order valence-corrected chi connectivity index (χ4v) is 3.57. The predicted octanol–water partition coefficient (Wildman–Crippen LogP) is 2.61. The summed E-state index contributed by atoms with van der Waals surface area (Å²) in [6.45, 7) is 9.27. The van der Waals surface area contributed by atoms with Crippen LogP contribution in [-0.2, 0) is 14.3 Å². The van der Waals surface area contributed by atoms with Gasteiger partial charge in [-0.25, -0.2) is 0 Å². The van der Waals surface area contributed by atoms with Gasteiger partial charge in [-0.15, -0.1) is 0 Å². The van der Waals surface area contributed by atoms with Crippen LogP contribution in [0.25, 0.3) is 0 Å². The molecule has 3 rings (SSSR count). The van der Waals surface area contributed by atoms with Crippen LogP contribution in [-0.4, -0.2) is 48.3 Å². The highest BCUT2D eigenvalue weighted by Gasteiger charge is 2.47. The van der Waals surface area contributed by atoms with Gasteiger partial charge >= 0.3 is 0 Å². The fourth-order valence-electron chi connectivity index (χ4n) is 3.57. The molecule has 2 aliphatic heterocycles. The van der Waals surface area contributed by atoms with Gasteiger partial charge in [0.05, 0.1) is 26.3 Å². The van der Waals surface area contributed by atoms with Gasteiger partial charge in [-0.1, -0.05) is 26.2 Å². The Hall–Kier alpha value is -0.610. The predicted molar refractivity (Wildman–Crippen MR) is 81.0 cm³/mol. The minimum atomic E-state index is -0.118. The number of ether oxygens (including phenoxy) is 2. The van der Waals surface area contributed by atoms with Crippen LogP contribution >= 0.6 is 0 Å².